The van der Waals surface area contributed by atoms with Crippen LogP contribution < -0.4 is 0 Å². The number of carbonyl (C=O) groups excluding carboxylic acids is 1. The molecule has 7 nitrogen and oxygen atoms in total. The molecule has 0 saturated carbocycles. The van der Waals surface area contributed by atoms with Crippen LogP contribution in [0.15, 0.2) is 0 Å². The molecular formula is C14H25NO6. The van der Waals surface area contributed by atoms with Gasteiger partial charge in [0.15, 0.2) is 0 Å². The summed E-state index contributed by atoms with van der Waals surface area (Å²) in [7, 11) is 0. The zero-order valence-corrected chi connectivity index (χ0v) is 12.5. The van der Waals surface area contributed by atoms with Gasteiger partial charge in [-0.05, 0) is 18.3 Å². The third-order valence-corrected chi connectivity index (χ3v) is 4.20. The number of amides is 1. The van der Waals surface area contributed by atoms with E-state index in [0.717, 1.165) is 6.42 Å². The van der Waals surface area contributed by atoms with Crippen LogP contribution in [-0.2, 0) is 9.53 Å². The molecule has 2 aliphatic heterocycles. The lowest BCUT2D eigenvalue weighted by Crippen LogP contribution is -2.64. The minimum atomic E-state index is -2.04. The summed E-state index contributed by atoms with van der Waals surface area (Å²) < 4.78 is 5.09. The Balaban J connectivity index is 1.99. The van der Waals surface area contributed by atoms with Gasteiger partial charge in [0.2, 0.25) is 11.7 Å². The molecule has 21 heavy (non-hydrogen) atoms. The van der Waals surface area contributed by atoms with Crippen LogP contribution >= 0.6 is 0 Å². The molecule has 2 fully saturated rings. The molecule has 2 saturated heterocycles. The van der Waals surface area contributed by atoms with Crippen LogP contribution in [0.25, 0.3) is 0 Å². The number of aliphatic hydroxyl groups excluding tert-OH is 3. The van der Waals surface area contributed by atoms with Crippen molar-refractivity contribution >= 4 is 5.91 Å². The number of β-amino-alcohol motifs (C(OH)–C–C–N with tert-alkyl or cyclic N) is 1. The van der Waals surface area contributed by atoms with Crippen molar-refractivity contribution < 1.29 is 30.0 Å². The van der Waals surface area contributed by atoms with Gasteiger partial charge in [0.1, 0.15) is 18.3 Å². The number of ether oxygens (including phenoxy) is 1. The molecule has 0 aromatic heterocycles. The number of likely N-dealkylation sites (tertiary alicyclic amines) is 1. The Morgan fingerprint density at radius 2 is 2.05 bits per heavy atom. The van der Waals surface area contributed by atoms with Gasteiger partial charge in [-0.2, -0.15) is 0 Å². The van der Waals surface area contributed by atoms with E-state index in [1.807, 2.05) is 0 Å². The first-order valence-corrected chi connectivity index (χ1v) is 7.41. The van der Waals surface area contributed by atoms with Gasteiger partial charge in [-0.25, -0.2) is 0 Å². The quantitative estimate of drug-likeness (QED) is 0.513. The van der Waals surface area contributed by atoms with Gasteiger partial charge in [-0.15, -0.1) is 0 Å². The fourth-order valence-electron chi connectivity index (χ4n) is 3.13. The first-order chi connectivity index (χ1) is 9.73. The monoisotopic (exact) mass is 303 g/mol. The Bertz CT molecular complexity index is 390. The molecule has 0 spiro atoms. The van der Waals surface area contributed by atoms with E-state index in [4.69, 9.17) is 4.74 Å². The molecule has 0 aromatic rings. The predicted octanol–water partition coefficient (Wildman–Crippen LogP) is -1.32. The Morgan fingerprint density at radius 3 is 2.67 bits per heavy atom. The maximum absolute atomic E-state index is 12.0. The SMILES string of the molecule is CC(C)C[C@H]1CC(=O)N(C[C@@]2(O)OC[C@@H](O)[C@H](O)[C@@H]2O)C1. The molecule has 0 unspecified atom stereocenters. The highest BCUT2D eigenvalue weighted by Crippen LogP contribution is 2.29. The Morgan fingerprint density at radius 1 is 1.38 bits per heavy atom. The van der Waals surface area contributed by atoms with E-state index < -0.39 is 24.1 Å². The normalized spacial score (nSPS) is 41.1. The van der Waals surface area contributed by atoms with Crippen LogP contribution in [0.1, 0.15) is 26.7 Å². The summed E-state index contributed by atoms with van der Waals surface area (Å²) in [5.41, 5.74) is 0. The predicted molar refractivity (Wildman–Crippen MR) is 73.1 cm³/mol. The molecule has 0 radical (unpaired) electrons. The number of rotatable bonds is 4. The second-order valence-corrected chi connectivity index (χ2v) is 6.63. The van der Waals surface area contributed by atoms with Gasteiger partial charge < -0.3 is 30.1 Å². The lowest BCUT2D eigenvalue weighted by molar-refractivity contribution is -0.323. The van der Waals surface area contributed by atoms with Gasteiger partial charge >= 0.3 is 0 Å². The molecule has 7 heteroatoms. The van der Waals surface area contributed by atoms with Crippen molar-refractivity contribution in [1.82, 2.24) is 4.90 Å². The van der Waals surface area contributed by atoms with Crippen molar-refractivity contribution in [3.8, 4) is 0 Å². The highest BCUT2D eigenvalue weighted by Gasteiger charge is 2.50. The smallest absolute Gasteiger partial charge is 0.223 e. The van der Waals surface area contributed by atoms with Gasteiger partial charge in [0.05, 0.1) is 13.2 Å². The molecule has 4 N–H and O–H groups in total. The van der Waals surface area contributed by atoms with Crippen molar-refractivity contribution in [1.29, 1.82) is 0 Å². The first kappa shape index (κ1) is 16.6. The van der Waals surface area contributed by atoms with E-state index in [1.165, 1.54) is 4.90 Å². The topological polar surface area (TPSA) is 110 Å². The zero-order valence-electron chi connectivity index (χ0n) is 12.5. The summed E-state index contributed by atoms with van der Waals surface area (Å²) in [6.07, 6.45) is -3.05. The van der Waals surface area contributed by atoms with Gasteiger partial charge in [-0.1, -0.05) is 13.8 Å². The molecule has 2 aliphatic rings. The lowest BCUT2D eigenvalue weighted by Gasteiger charge is -2.43. The Hall–Kier alpha value is -0.730. The van der Waals surface area contributed by atoms with Crippen molar-refractivity contribution in [2.75, 3.05) is 19.7 Å². The standard InChI is InChI=1S/C14H25NO6/c1-8(2)3-9-4-11(17)15(5-9)7-14(20)13(19)12(18)10(16)6-21-14/h8-10,12-13,16,18-20H,3-7H2,1-2H3/t9-,10+,12-,13-,14+/m0/s1. The molecule has 5 atom stereocenters. The van der Waals surface area contributed by atoms with Crippen LogP contribution in [0.2, 0.25) is 0 Å². The summed E-state index contributed by atoms with van der Waals surface area (Å²) in [5.74, 6) is -1.41. The number of aliphatic hydroxyl groups is 4. The van der Waals surface area contributed by atoms with Crippen LogP contribution in [0, 0.1) is 11.8 Å². The molecule has 122 valence electrons. The van der Waals surface area contributed by atoms with Crippen LogP contribution in [0.4, 0.5) is 0 Å². The molecular weight excluding hydrogens is 278 g/mol. The molecule has 0 bridgehead atoms. The second-order valence-electron chi connectivity index (χ2n) is 6.63. The second kappa shape index (κ2) is 6.18. The van der Waals surface area contributed by atoms with Crippen LogP contribution in [-0.4, -0.2) is 75.0 Å². The number of carbonyl (C=O) groups is 1. The lowest BCUT2D eigenvalue weighted by atomic mass is 9.96. The van der Waals surface area contributed by atoms with E-state index in [0.29, 0.717) is 18.9 Å². The zero-order chi connectivity index (χ0) is 15.8. The number of hydrogen-bond donors (Lipinski definition) is 4. The molecule has 0 aromatic carbocycles. The van der Waals surface area contributed by atoms with E-state index >= 15 is 0 Å². The fraction of sp³-hybridized carbons (Fsp3) is 0.929. The highest BCUT2D eigenvalue weighted by molar-refractivity contribution is 5.78. The van der Waals surface area contributed by atoms with Gasteiger partial charge in [0.25, 0.3) is 0 Å². The summed E-state index contributed by atoms with van der Waals surface area (Å²) in [6, 6.07) is 0. The fourth-order valence-corrected chi connectivity index (χ4v) is 3.13. The Kier molecular flexibility index (Phi) is 4.89. The third kappa shape index (κ3) is 3.54. The van der Waals surface area contributed by atoms with Crippen molar-refractivity contribution in [2.45, 2.75) is 50.8 Å². The minimum absolute atomic E-state index is 0.0921. The highest BCUT2D eigenvalue weighted by atomic mass is 16.6. The average molecular weight is 303 g/mol. The summed E-state index contributed by atoms with van der Waals surface area (Å²) in [6.45, 7) is 4.20. The Labute approximate surface area is 124 Å². The van der Waals surface area contributed by atoms with E-state index in [1.54, 1.807) is 0 Å². The number of hydrogen-bond acceptors (Lipinski definition) is 6. The van der Waals surface area contributed by atoms with Crippen molar-refractivity contribution in [3.05, 3.63) is 0 Å². The van der Waals surface area contributed by atoms with E-state index in [2.05, 4.69) is 13.8 Å². The first-order valence-electron chi connectivity index (χ1n) is 7.41. The van der Waals surface area contributed by atoms with Crippen molar-refractivity contribution in [2.24, 2.45) is 11.8 Å². The molecule has 0 aliphatic carbocycles. The maximum Gasteiger partial charge on any atom is 0.223 e. The van der Waals surface area contributed by atoms with Gasteiger partial charge in [-0.3, -0.25) is 4.79 Å². The third-order valence-electron chi connectivity index (χ3n) is 4.20. The largest absolute Gasteiger partial charge is 0.388 e. The van der Waals surface area contributed by atoms with E-state index in [9.17, 15) is 25.2 Å². The molecule has 2 rings (SSSR count). The summed E-state index contributed by atoms with van der Waals surface area (Å²) in [5, 5.41) is 39.3. The molecule has 1 amide bonds. The minimum Gasteiger partial charge on any atom is -0.388 e. The van der Waals surface area contributed by atoms with Gasteiger partial charge in [0, 0.05) is 13.0 Å². The van der Waals surface area contributed by atoms with Crippen LogP contribution in [0.5, 0.6) is 0 Å². The number of nitrogens with zero attached hydrogens (tertiary/aromatic N) is 1. The summed E-state index contributed by atoms with van der Waals surface area (Å²) in [4.78, 5) is 13.5. The van der Waals surface area contributed by atoms with E-state index in [-0.39, 0.29) is 25.0 Å². The summed E-state index contributed by atoms with van der Waals surface area (Å²) >= 11 is 0. The van der Waals surface area contributed by atoms with Crippen molar-refractivity contribution in [3.63, 3.8) is 0 Å². The average Bonchev–Trinajstić information content (AvgIpc) is 2.71. The molecule has 2 heterocycles. The van der Waals surface area contributed by atoms with Crippen LogP contribution in [0.3, 0.4) is 0 Å². The maximum atomic E-state index is 12.0.